The van der Waals surface area contributed by atoms with Gasteiger partial charge in [0.1, 0.15) is 24.7 Å². The summed E-state index contributed by atoms with van der Waals surface area (Å²) in [5, 5.41) is 6.49. The van der Waals surface area contributed by atoms with Crippen LogP contribution in [-0.2, 0) is 10.3 Å². The van der Waals surface area contributed by atoms with E-state index in [4.69, 9.17) is 4.42 Å². The SMILES string of the molecule is CC(C)(c1cc2cnccc2o1)N1CCNCC1.CC(CF)(CF)NC=O. The van der Waals surface area contributed by atoms with E-state index in [1.807, 2.05) is 17.6 Å². The normalized spacial score (nSPS) is 15.9. The average molecular weight is 382 g/mol. The number of piperazine rings is 1. The number of halogens is 2. The van der Waals surface area contributed by atoms with Crippen molar-refractivity contribution in [1.29, 1.82) is 0 Å². The Morgan fingerprint density at radius 1 is 1.30 bits per heavy atom. The van der Waals surface area contributed by atoms with Crippen LogP contribution in [0.3, 0.4) is 0 Å². The van der Waals surface area contributed by atoms with Gasteiger partial charge in [-0.1, -0.05) is 0 Å². The Hall–Kier alpha value is -2.06. The summed E-state index contributed by atoms with van der Waals surface area (Å²) in [6.45, 7) is 8.18. The lowest BCUT2D eigenvalue weighted by Gasteiger charge is -2.39. The van der Waals surface area contributed by atoms with Gasteiger partial charge in [0.05, 0.1) is 11.1 Å². The highest BCUT2D eigenvalue weighted by atomic mass is 19.1. The van der Waals surface area contributed by atoms with Gasteiger partial charge in [-0.15, -0.1) is 0 Å². The molecule has 27 heavy (non-hydrogen) atoms. The Balaban J connectivity index is 0.000000249. The summed E-state index contributed by atoms with van der Waals surface area (Å²) in [6.07, 6.45) is 3.92. The van der Waals surface area contributed by atoms with E-state index in [2.05, 4.69) is 35.1 Å². The second kappa shape index (κ2) is 9.23. The fraction of sp³-hybridized carbons (Fsp3) is 0.579. The van der Waals surface area contributed by atoms with E-state index in [0.29, 0.717) is 6.41 Å². The Bertz CT molecular complexity index is 692. The molecule has 3 rings (SSSR count). The molecule has 0 atom stereocenters. The summed E-state index contributed by atoms with van der Waals surface area (Å²) >= 11 is 0. The molecule has 2 aromatic rings. The maximum atomic E-state index is 11.8. The van der Waals surface area contributed by atoms with Gasteiger partial charge in [0.25, 0.3) is 0 Å². The zero-order chi connectivity index (χ0) is 19.9. The third-order valence-corrected chi connectivity index (χ3v) is 4.82. The van der Waals surface area contributed by atoms with Crippen LogP contribution in [-0.4, -0.2) is 61.4 Å². The van der Waals surface area contributed by atoms with E-state index in [0.717, 1.165) is 42.9 Å². The smallest absolute Gasteiger partial charge is 0.207 e. The van der Waals surface area contributed by atoms with Crippen molar-refractivity contribution in [2.45, 2.75) is 31.8 Å². The summed E-state index contributed by atoms with van der Waals surface area (Å²) in [7, 11) is 0. The van der Waals surface area contributed by atoms with Crippen LogP contribution in [0.15, 0.2) is 28.9 Å². The molecule has 0 radical (unpaired) electrons. The predicted octanol–water partition coefficient (Wildman–Crippen LogP) is 2.40. The minimum Gasteiger partial charge on any atom is -0.459 e. The lowest BCUT2D eigenvalue weighted by atomic mass is 9.98. The average Bonchev–Trinajstić information content (AvgIpc) is 3.14. The second-order valence-electron chi connectivity index (χ2n) is 7.41. The molecule has 2 N–H and O–H groups in total. The first-order valence-corrected chi connectivity index (χ1v) is 8.99. The largest absolute Gasteiger partial charge is 0.459 e. The van der Waals surface area contributed by atoms with Crippen LogP contribution in [0.5, 0.6) is 0 Å². The minimum absolute atomic E-state index is 0.0683. The van der Waals surface area contributed by atoms with Crippen molar-refractivity contribution in [1.82, 2.24) is 20.5 Å². The number of hydrogen-bond donors (Lipinski definition) is 2. The van der Waals surface area contributed by atoms with E-state index in [1.54, 1.807) is 6.20 Å². The van der Waals surface area contributed by atoms with E-state index in [-0.39, 0.29) is 5.54 Å². The van der Waals surface area contributed by atoms with E-state index in [9.17, 15) is 13.6 Å². The van der Waals surface area contributed by atoms with Crippen LogP contribution in [0.4, 0.5) is 8.78 Å². The zero-order valence-electron chi connectivity index (χ0n) is 16.1. The van der Waals surface area contributed by atoms with Crippen molar-refractivity contribution in [3.05, 3.63) is 30.3 Å². The third-order valence-electron chi connectivity index (χ3n) is 4.82. The maximum absolute atomic E-state index is 11.8. The second-order valence-corrected chi connectivity index (χ2v) is 7.41. The van der Waals surface area contributed by atoms with Gasteiger partial charge in [-0.05, 0) is 32.9 Å². The fourth-order valence-electron chi connectivity index (χ4n) is 2.82. The highest BCUT2D eigenvalue weighted by Gasteiger charge is 2.32. The van der Waals surface area contributed by atoms with Crippen molar-refractivity contribution in [3.8, 4) is 0 Å². The van der Waals surface area contributed by atoms with Crippen LogP contribution < -0.4 is 10.6 Å². The van der Waals surface area contributed by atoms with E-state index < -0.39 is 18.9 Å². The number of furan rings is 1. The molecule has 2 aromatic heterocycles. The number of aromatic nitrogens is 1. The van der Waals surface area contributed by atoms with Gasteiger partial charge in [0, 0.05) is 44.0 Å². The number of hydrogen-bond acceptors (Lipinski definition) is 5. The molecule has 1 amide bonds. The van der Waals surface area contributed by atoms with Crippen LogP contribution >= 0.6 is 0 Å². The quantitative estimate of drug-likeness (QED) is 0.751. The number of alkyl halides is 2. The molecule has 1 aliphatic heterocycles. The van der Waals surface area contributed by atoms with Crippen LogP contribution in [0.2, 0.25) is 0 Å². The molecule has 8 heteroatoms. The van der Waals surface area contributed by atoms with Crippen molar-refractivity contribution in [2.75, 3.05) is 39.5 Å². The van der Waals surface area contributed by atoms with Crippen molar-refractivity contribution >= 4 is 17.4 Å². The molecular formula is C19H28F2N4O2. The lowest BCUT2D eigenvalue weighted by molar-refractivity contribution is -0.111. The first kappa shape index (κ1) is 21.2. The van der Waals surface area contributed by atoms with Gasteiger partial charge in [0.2, 0.25) is 6.41 Å². The monoisotopic (exact) mass is 382 g/mol. The molecular weight excluding hydrogens is 354 g/mol. The number of carbonyl (C=O) groups excluding carboxylic acids is 1. The van der Waals surface area contributed by atoms with Gasteiger partial charge in [0.15, 0.2) is 0 Å². The van der Waals surface area contributed by atoms with E-state index in [1.165, 1.54) is 6.92 Å². The molecule has 1 aliphatic rings. The van der Waals surface area contributed by atoms with Crippen molar-refractivity contribution in [2.24, 2.45) is 0 Å². The molecule has 0 bridgehead atoms. The van der Waals surface area contributed by atoms with Gasteiger partial charge < -0.3 is 15.1 Å². The number of amides is 1. The van der Waals surface area contributed by atoms with Gasteiger partial charge >= 0.3 is 0 Å². The number of fused-ring (bicyclic) bond motifs is 1. The van der Waals surface area contributed by atoms with Gasteiger partial charge in [-0.2, -0.15) is 0 Å². The highest BCUT2D eigenvalue weighted by Crippen LogP contribution is 2.32. The lowest BCUT2D eigenvalue weighted by Crippen LogP contribution is -2.51. The Morgan fingerprint density at radius 2 is 1.96 bits per heavy atom. The van der Waals surface area contributed by atoms with Crippen molar-refractivity contribution < 1.29 is 18.0 Å². The molecule has 1 saturated heterocycles. The molecule has 1 fully saturated rings. The number of carbonyl (C=O) groups is 1. The zero-order valence-corrected chi connectivity index (χ0v) is 16.1. The molecule has 0 aliphatic carbocycles. The molecule has 0 spiro atoms. The summed E-state index contributed by atoms with van der Waals surface area (Å²) in [6, 6.07) is 4.04. The number of pyridine rings is 1. The molecule has 0 aromatic carbocycles. The summed E-state index contributed by atoms with van der Waals surface area (Å²) < 4.78 is 29.5. The summed E-state index contributed by atoms with van der Waals surface area (Å²) in [5.74, 6) is 1.02. The molecule has 0 unspecified atom stereocenters. The van der Waals surface area contributed by atoms with Gasteiger partial charge in [-0.25, -0.2) is 8.78 Å². The van der Waals surface area contributed by atoms with Gasteiger partial charge in [-0.3, -0.25) is 14.7 Å². The highest BCUT2D eigenvalue weighted by molar-refractivity contribution is 5.76. The number of rotatable bonds is 6. The van der Waals surface area contributed by atoms with E-state index >= 15 is 0 Å². The Labute approximate surface area is 158 Å². The third kappa shape index (κ3) is 5.23. The first-order valence-electron chi connectivity index (χ1n) is 8.99. The van der Waals surface area contributed by atoms with Crippen LogP contribution in [0.25, 0.3) is 11.0 Å². The Kier molecular flexibility index (Phi) is 7.26. The standard InChI is InChI=1S/C14H19N3O.C5H9F2NO/c1-14(2,17-7-5-15-6-8-17)13-9-11-10-16-4-3-12(11)18-13;1-5(2-6,3-7)8-4-9/h3-4,9-10,15H,5-8H2,1-2H3;4H,2-3H2,1H3,(H,8,9). The molecule has 3 heterocycles. The Morgan fingerprint density at radius 3 is 2.48 bits per heavy atom. The van der Waals surface area contributed by atoms with Crippen LogP contribution in [0, 0.1) is 0 Å². The molecule has 0 saturated carbocycles. The number of nitrogens with zero attached hydrogens (tertiary/aromatic N) is 2. The summed E-state index contributed by atoms with van der Waals surface area (Å²) in [5.41, 5.74) is -0.466. The van der Waals surface area contributed by atoms with Crippen molar-refractivity contribution in [3.63, 3.8) is 0 Å². The topological polar surface area (TPSA) is 70.4 Å². The molecule has 6 nitrogen and oxygen atoms in total. The fourth-order valence-corrected chi connectivity index (χ4v) is 2.82. The maximum Gasteiger partial charge on any atom is 0.207 e. The minimum atomic E-state index is -1.32. The van der Waals surface area contributed by atoms with Crippen LogP contribution in [0.1, 0.15) is 26.5 Å². The molecule has 150 valence electrons. The number of nitrogens with one attached hydrogen (secondary N) is 2. The first-order chi connectivity index (χ1) is 12.9. The summed E-state index contributed by atoms with van der Waals surface area (Å²) in [4.78, 5) is 16.3. The predicted molar refractivity (Wildman–Crippen MR) is 101 cm³/mol.